The average molecular weight is 389 g/mol. The van der Waals surface area contributed by atoms with Gasteiger partial charge in [-0.15, -0.1) is 0 Å². The van der Waals surface area contributed by atoms with Gasteiger partial charge in [0.2, 0.25) is 0 Å². The van der Waals surface area contributed by atoms with Gasteiger partial charge in [-0.3, -0.25) is 9.69 Å². The molecular formula is C21H28N2O3S. The van der Waals surface area contributed by atoms with Crippen LogP contribution in [0.5, 0.6) is 11.5 Å². The molecule has 2 aromatic rings. The maximum Gasteiger partial charge on any atom is 0.258 e. The zero-order chi connectivity index (χ0) is 18.9. The number of amides is 1. The fourth-order valence-corrected chi connectivity index (χ4v) is 4.07. The number of likely N-dealkylation sites (tertiary alicyclic amines) is 1. The van der Waals surface area contributed by atoms with Crippen LogP contribution in [0.1, 0.15) is 37.8 Å². The Morgan fingerprint density at radius 2 is 1.81 bits per heavy atom. The van der Waals surface area contributed by atoms with Gasteiger partial charge in [0.15, 0.2) is 6.61 Å². The number of benzene rings is 1. The highest BCUT2D eigenvalue weighted by atomic mass is 32.1. The number of piperidine rings is 1. The molecule has 1 aromatic heterocycles. The summed E-state index contributed by atoms with van der Waals surface area (Å²) in [4.78, 5) is 14.8. The van der Waals surface area contributed by atoms with Gasteiger partial charge in [0.1, 0.15) is 11.5 Å². The Kier molecular flexibility index (Phi) is 7.54. The Hall–Kier alpha value is -2.05. The van der Waals surface area contributed by atoms with Crippen molar-refractivity contribution < 1.29 is 14.3 Å². The van der Waals surface area contributed by atoms with E-state index in [1.165, 1.54) is 24.8 Å². The smallest absolute Gasteiger partial charge is 0.258 e. The van der Waals surface area contributed by atoms with E-state index >= 15 is 0 Å². The zero-order valence-corrected chi connectivity index (χ0v) is 16.7. The molecule has 0 bridgehead atoms. The highest BCUT2D eigenvalue weighted by molar-refractivity contribution is 7.07. The van der Waals surface area contributed by atoms with Crippen LogP contribution in [0.15, 0.2) is 41.1 Å². The lowest BCUT2D eigenvalue weighted by atomic mass is 10.0. The molecule has 2 heterocycles. The van der Waals surface area contributed by atoms with Gasteiger partial charge in [0, 0.05) is 6.54 Å². The second kappa shape index (κ2) is 10.3. The monoisotopic (exact) mass is 388 g/mol. The third kappa shape index (κ3) is 5.97. The number of ether oxygens (including phenoxy) is 2. The van der Waals surface area contributed by atoms with Gasteiger partial charge in [0.25, 0.3) is 5.91 Å². The molecule has 1 fully saturated rings. The standard InChI is InChI=1S/C21H28N2O3S/c1-2-25-18-6-8-19(9-7-18)26-15-21(24)22-14-20(17-10-13-27-16-17)23-11-4-3-5-12-23/h6-10,13,16,20H,2-5,11-12,14-15H2,1H3,(H,22,24). The molecule has 1 atom stereocenters. The van der Waals surface area contributed by atoms with E-state index < -0.39 is 0 Å². The summed E-state index contributed by atoms with van der Waals surface area (Å²) in [5.41, 5.74) is 1.29. The van der Waals surface area contributed by atoms with Crippen LogP contribution in [0, 0.1) is 0 Å². The second-order valence-corrected chi connectivity index (χ2v) is 7.45. The van der Waals surface area contributed by atoms with Crippen LogP contribution in [-0.2, 0) is 4.79 Å². The van der Waals surface area contributed by atoms with Crippen LogP contribution in [0.2, 0.25) is 0 Å². The third-order valence-electron chi connectivity index (χ3n) is 4.76. The summed E-state index contributed by atoms with van der Waals surface area (Å²) in [7, 11) is 0. The number of rotatable bonds is 9. The normalized spacial score (nSPS) is 15.9. The predicted octanol–water partition coefficient (Wildman–Crippen LogP) is 3.87. The SMILES string of the molecule is CCOc1ccc(OCC(=O)NCC(c2ccsc2)N2CCCCC2)cc1. The molecule has 0 spiro atoms. The van der Waals surface area contributed by atoms with Gasteiger partial charge in [-0.2, -0.15) is 11.3 Å². The Bertz CT molecular complexity index is 682. The topological polar surface area (TPSA) is 50.8 Å². The van der Waals surface area contributed by atoms with Crippen molar-refractivity contribution in [1.29, 1.82) is 0 Å². The Morgan fingerprint density at radius 3 is 2.44 bits per heavy atom. The molecule has 146 valence electrons. The number of thiophene rings is 1. The molecule has 1 aliphatic rings. The second-order valence-electron chi connectivity index (χ2n) is 6.67. The summed E-state index contributed by atoms with van der Waals surface area (Å²) in [6.07, 6.45) is 3.76. The predicted molar refractivity (Wildman–Crippen MR) is 109 cm³/mol. The van der Waals surface area contributed by atoms with Crippen molar-refractivity contribution in [3.63, 3.8) is 0 Å². The molecule has 1 aromatic carbocycles. The van der Waals surface area contributed by atoms with E-state index in [9.17, 15) is 4.79 Å². The molecule has 6 heteroatoms. The van der Waals surface area contributed by atoms with Gasteiger partial charge in [-0.05, 0) is 79.5 Å². The van der Waals surface area contributed by atoms with Crippen LogP contribution < -0.4 is 14.8 Å². The molecule has 0 aliphatic carbocycles. The van der Waals surface area contributed by atoms with E-state index in [1.54, 1.807) is 11.3 Å². The molecule has 27 heavy (non-hydrogen) atoms. The van der Waals surface area contributed by atoms with Crippen LogP contribution in [0.3, 0.4) is 0 Å². The lowest BCUT2D eigenvalue weighted by Gasteiger charge is -2.34. The van der Waals surface area contributed by atoms with Crippen molar-refractivity contribution in [2.24, 2.45) is 0 Å². The summed E-state index contributed by atoms with van der Waals surface area (Å²) in [6.45, 7) is 5.40. The van der Waals surface area contributed by atoms with Crippen molar-refractivity contribution >= 4 is 17.2 Å². The average Bonchev–Trinajstić information content (AvgIpc) is 3.23. The van der Waals surface area contributed by atoms with Gasteiger partial charge < -0.3 is 14.8 Å². The van der Waals surface area contributed by atoms with Gasteiger partial charge in [-0.1, -0.05) is 6.42 Å². The maximum atomic E-state index is 12.3. The first-order valence-electron chi connectivity index (χ1n) is 9.64. The molecule has 0 saturated carbocycles. The minimum atomic E-state index is -0.0962. The molecule has 0 radical (unpaired) electrons. The first kappa shape index (κ1) is 19.7. The fraction of sp³-hybridized carbons (Fsp3) is 0.476. The summed E-state index contributed by atoms with van der Waals surface area (Å²) in [5, 5.41) is 7.33. The number of hydrogen-bond acceptors (Lipinski definition) is 5. The van der Waals surface area contributed by atoms with Crippen molar-refractivity contribution in [3.8, 4) is 11.5 Å². The first-order valence-corrected chi connectivity index (χ1v) is 10.6. The molecule has 1 aliphatic heterocycles. The molecule has 5 nitrogen and oxygen atoms in total. The van der Waals surface area contributed by atoms with Crippen molar-refractivity contribution in [3.05, 3.63) is 46.7 Å². The van der Waals surface area contributed by atoms with Crippen molar-refractivity contribution in [2.45, 2.75) is 32.2 Å². The summed E-state index contributed by atoms with van der Waals surface area (Å²) >= 11 is 1.70. The molecule has 1 amide bonds. The zero-order valence-electron chi connectivity index (χ0n) is 15.9. The van der Waals surface area contributed by atoms with Crippen molar-refractivity contribution in [2.75, 3.05) is 32.8 Å². The maximum absolute atomic E-state index is 12.3. The lowest BCUT2D eigenvalue weighted by molar-refractivity contribution is -0.123. The summed E-state index contributed by atoms with van der Waals surface area (Å²) < 4.78 is 11.0. The Morgan fingerprint density at radius 1 is 1.11 bits per heavy atom. The van der Waals surface area contributed by atoms with E-state index in [0.29, 0.717) is 18.9 Å². The first-order chi connectivity index (χ1) is 13.3. The fourth-order valence-electron chi connectivity index (χ4n) is 3.36. The summed E-state index contributed by atoms with van der Waals surface area (Å²) in [6, 6.07) is 9.73. The number of nitrogens with one attached hydrogen (secondary N) is 1. The van der Waals surface area contributed by atoms with E-state index in [-0.39, 0.29) is 18.6 Å². The largest absolute Gasteiger partial charge is 0.494 e. The molecule has 1 N–H and O–H groups in total. The van der Waals surface area contributed by atoms with Crippen LogP contribution in [0.4, 0.5) is 0 Å². The van der Waals surface area contributed by atoms with Crippen molar-refractivity contribution in [1.82, 2.24) is 10.2 Å². The highest BCUT2D eigenvalue weighted by Crippen LogP contribution is 2.25. The van der Waals surface area contributed by atoms with Crippen LogP contribution in [0.25, 0.3) is 0 Å². The lowest BCUT2D eigenvalue weighted by Crippen LogP contribution is -2.41. The molecule has 1 unspecified atom stereocenters. The number of hydrogen-bond donors (Lipinski definition) is 1. The van der Waals surface area contributed by atoms with E-state index in [4.69, 9.17) is 9.47 Å². The molecule has 3 rings (SSSR count). The summed E-state index contributed by atoms with van der Waals surface area (Å²) in [5.74, 6) is 1.37. The number of carbonyl (C=O) groups is 1. The van der Waals surface area contributed by atoms with Crippen LogP contribution in [-0.4, -0.2) is 43.7 Å². The van der Waals surface area contributed by atoms with Gasteiger partial charge in [0.05, 0.1) is 12.6 Å². The van der Waals surface area contributed by atoms with E-state index in [0.717, 1.165) is 18.8 Å². The van der Waals surface area contributed by atoms with Gasteiger partial charge in [-0.25, -0.2) is 0 Å². The molecule has 1 saturated heterocycles. The number of carbonyl (C=O) groups excluding carboxylic acids is 1. The number of nitrogens with zero attached hydrogens (tertiary/aromatic N) is 1. The minimum absolute atomic E-state index is 0.0182. The van der Waals surface area contributed by atoms with E-state index in [1.807, 2.05) is 31.2 Å². The third-order valence-corrected chi connectivity index (χ3v) is 5.46. The minimum Gasteiger partial charge on any atom is -0.494 e. The Balaban J connectivity index is 1.48. The van der Waals surface area contributed by atoms with E-state index in [2.05, 4.69) is 27.0 Å². The Labute approximate surface area is 165 Å². The van der Waals surface area contributed by atoms with Crippen LogP contribution >= 0.6 is 11.3 Å². The quantitative estimate of drug-likeness (QED) is 0.709. The highest BCUT2D eigenvalue weighted by Gasteiger charge is 2.23. The van der Waals surface area contributed by atoms with Gasteiger partial charge >= 0.3 is 0 Å². The molecular weight excluding hydrogens is 360 g/mol.